The summed E-state index contributed by atoms with van der Waals surface area (Å²) < 4.78 is 0. The molecule has 0 fully saturated rings. The summed E-state index contributed by atoms with van der Waals surface area (Å²) in [5, 5.41) is 7.93. The van der Waals surface area contributed by atoms with Crippen LogP contribution in [0.3, 0.4) is 0 Å². The molecule has 23 heavy (non-hydrogen) atoms. The van der Waals surface area contributed by atoms with Crippen LogP contribution in [0.2, 0.25) is 5.02 Å². The molecule has 2 heterocycles. The summed E-state index contributed by atoms with van der Waals surface area (Å²) in [5.41, 5.74) is 2.01. The molecule has 5 nitrogen and oxygen atoms in total. The Morgan fingerprint density at radius 2 is 2.04 bits per heavy atom. The lowest BCUT2D eigenvalue weighted by atomic mass is 10.0. The number of benzene rings is 1. The normalized spacial score (nSPS) is 12.5. The number of aromatic nitrogens is 3. The SMILES string of the molecule is CN(Cc1n[nH]c(=O)s1)C(c1ccc(Cl)cc1)c1ccccn1. The molecule has 0 radical (unpaired) electrons. The molecule has 118 valence electrons. The number of nitrogens with zero attached hydrogens (tertiary/aromatic N) is 3. The van der Waals surface area contributed by atoms with E-state index in [1.807, 2.05) is 49.5 Å². The Balaban J connectivity index is 1.94. The molecular weight excluding hydrogens is 332 g/mol. The molecule has 0 aliphatic carbocycles. The first-order valence-electron chi connectivity index (χ1n) is 7.04. The van der Waals surface area contributed by atoms with Gasteiger partial charge in [-0.1, -0.05) is 41.1 Å². The van der Waals surface area contributed by atoms with Gasteiger partial charge in [-0.05, 0) is 36.9 Å². The summed E-state index contributed by atoms with van der Waals surface area (Å²) in [6.45, 7) is 0.549. The predicted octanol–water partition coefficient (Wildman–Crippen LogP) is 3.10. The lowest BCUT2D eigenvalue weighted by Gasteiger charge is -2.27. The first kappa shape index (κ1) is 15.9. The molecule has 0 spiro atoms. The standard InChI is InChI=1S/C16H15ClN4OS/c1-21(10-14-19-20-16(22)23-14)15(13-4-2-3-9-18-13)11-5-7-12(17)8-6-11/h2-9,15H,10H2,1H3,(H,20,22). The number of pyridine rings is 1. The molecule has 0 amide bonds. The minimum atomic E-state index is -0.144. The van der Waals surface area contributed by atoms with Crippen LogP contribution in [-0.4, -0.2) is 27.1 Å². The Morgan fingerprint density at radius 3 is 2.65 bits per heavy atom. The third kappa shape index (κ3) is 3.85. The maximum Gasteiger partial charge on any atom is 0.322 e. The van der Waals surface area contributed by atoms with E-state index in [1.165, 1.54) is 0 Å². The molecule has 3 rings (SSSR count). The smallest absolute Gasteiger partial charge is 0.287 e. The average Bonchev–Trinajstić information content (AvgIpc) is 2.95. The van der Waals surface area contributed by atoms with Crippen molar-refractivity contribution in [2.45, 2.75) is 12.6 Å². The number of halogens is 1. The quantitative estimate of drug-likeness (QED) is 0.771. The predicted molar refractivity (Wildman–Crippen MR) is 91.7 cm³/mol. The third-order valence-electron chi connectivity index (χ3n) is 3.46. The maximum atomic E-state index is 11.3. The van der Waals surface area contributed by atoms with Gasteiger partial charge < -0.3 is 0 Å². The number of aromatic amines is 1. The van der Waals surface area contributed by atoms with Gasteiger partial charge in [0.1, 0.15) is 5.01 Å². The Morgan fingerprint density at radius 1 is 1.26 bits per heavy atom. The van der Waals surface area contributed by atoms with Gasteiger partial charge in [-0.3, -0.25) is 14.7 Å². The lowest BCUT2D eigenvalue weighted by Crippen LogP contribution is -2.26. The van der Waals surface area contributed by atoms with Crippen LogP contribution in [0.15, 0.2) is 53.5 Å². The molecule has 0 bridgehead atoms. The molecule has 1 aromatic carbocycles. The molecule has 1 N–H and O–H groups in total. The summed E-state index contributed by atoms with van der Waals surface area (Å²) in [7, 11) is 1.99. The molecule has 7 heteroatoms. The molecule has 0 saturated heterocycles. The van der Waals surface area contributed by atoms with Gasteiger partial charge in [0.15, 0.2) is 0 Å². The van der Waals surface area contributed by atoms with Crippen LogP contribution in [0.4, 0.5) is 0 Å². The van der Waals surface area contributed by atoms with E-state index in [1.54, 1.807) is 6.20 Å². The zero-order valence-electron chi connectivity index (χ0n) is 12.4. The molecule has 0 saturated carbocycles. The molecule has 3 aromatic rings. The highest BCUT2D eigenvalue weighted by Crippen LogP contribution is 2.28. The van der Waals surface area contributed by atoms with E-state index in [-0.39, 0.29) is 10.9 Å². The second-order valence-electron chi connectivity index (χ2n) is 5.13. The largest absolute Gasteiger partial charge is 0.322 e. The first-order chi connectivity index (χ1) is 11.1. The van der Waals surface area contributed by atoms with Gasteiger partial charge in [0, 0.05) is 11.2 Å². The highest BCUT2D eigenvalue weighted by molar-refractivity contribution is 7.08. The number of H-pyrrole nitrogens is 1. The van der Waals surface area contributed by atoms with Gasteiger partial charge in [-0.15, -0.1) is 0 Å². The van der Waals surface area contributed by atoms with Crippen molar-refractivity contribution < 1.29 is 0 Å². The second-order valence-corrected chi connectivity index (χ2v) is 6.61. The van der Waals surface area contributed by atoms with E-state index in [2.05, 4.69) is 20.1 Å². The summed E-state index contributed by atoms with van der Waals surface area (Å²) in [5.74, 6) is 0. The minimum absolute atomic E-state index is 0.0486. The van der Waals surface area contributed by atoms with Crippen LogP contribution in [0.5, 0.6) is 0 Å². The maximum absolute atomic E-state index is 11.3. The third-order valence-corrected chi connectivity index (χ3v) is 4.45. The van der Waals surface area contributed by atoms with Crippen LogP contribution >= 0.6 is 22.9 Å². The number of rotatable bonds is 5. The van der Waals surface area contributed by atoms with Crippen molar-refractivity contribution in [2.75, 3.05) is 7.05 Å². The zero-order valence-corrected chi connectivity index (χ0v) is 14.0. The molecular formula is C16H15ClN4OS. The summed E-state index contributed by atoms with van der Waals surface area (Å²) in [4.78, 5) is 17.7. The second kappa shape index (κ2) is 7.04. The van der Waals surface area contributed by atoms with Gasteiger partial charge in [0.25, 0.3) is 0 Å². The van der Waals surface area contributed by atoms with Crippen molar-refractivity contribution in [2.24, 2.45) is 0 Å². The fourth-order valence-corrected chi connectivity index (χ4v) is 3.26. The zero-order chi connectivity index (χ0) is 16.2. The van der Waals surface area contributed by atoms with E-state index in [4.69, 9.17) is 11.6 Å². The minimum Gasteiger partial charge on any atom is -0.287 e. The summed E-state index contributed by atoms with van der Waals surface area (Å²) in [6, 6.07) is 13.5. The van der Waals surface area contributed by atoms with E-state index in [0.717, 1.165) is 27.6 Å². The van der Waals surface area contributed by atoms with E-state index >= 15 is 0 Å². The van der Waals surface area contributed by atoms with E-state index in [0.29, 0.717) is 11.6 Å². The fourth-order valence-electron chi connectivity index (χ4n) is 2.47. The number of hydrogen-bond donors (Lipinski definition) is 1. The Kier molecular flexibility index (Phi) is 4.85. The monoisotopic (exact) mass is 346 g/mol. The Hall–Kier alpha value is -2.02. The Labute approximate surface area is 142 Å². The molecule has 0 aliphatic rings. The molecule has 0 aliphatic heterocycles. The van der Waals surface area contributed by atoms with E-state index in [9.17, 15) is 4.79 Å². The topological polar surface area (TPSA) is 61.9 Å². The number of nitrogens with one attached hydrogen (secondary N) is 1. The van der Waals surface area contributed by atoms with Crippen LogP contribution < -0.4 is 4.87 Å². The van der Waals surface area contributed by atoms with Crippen LogP contribution in [0.1, 0.15) is 22.3 Å². The van der Waals surface area contributed by atoms with Gasteiger partial charge in [0.2, 0.25) is 0 Å². The van der Waals surface area contributed by atoms with Crippen molar-refractivity contribution >= 4 is 22.9 Å². The van der Waals surface area contributed by atoms with Crippen molar-refractivity contribution in [1.29, 1.82) is 0 Å². The van der Waals surface area contributed by atoms with Crippen LogP contribution in [-0.2, 0) is 6.54 Å². The summed E-state index contributed by atoms with van der Waals surface area (Å²) >= 11 is 7.12. The molecule has 1 atom stereocenters. The van der Waals surface area contributed by atoms with Crippen molar-refractivity contribution in [3.63, 3.8) is 0 Å². The lowest BCUT2D eigenvalue weighted by molar-refractivity contribution is 0.265. The highest BCUT2D eigenvalue weighted by atomic mass is 35.5. The van der Waals surface area contributed by atoms with Gasteiger partial charge in [-0.2, -0.15) is 5.10 Å². The first-order valence-corrected chi connectivity index (χ1v) is 8.24. The number of hydrogen-bond acceptors (Lipinski definition) is 5. The van der Waals surface area contributed by atoms with Crippen LogP contribution in [0, 0.1) is 0 Å². The molecule has 1 unspecified atom stereocenters. The van der Waals surface area contributed by atoms with E-state index < -0.39 is 0 Å². The van der Waals surface area contributed by atoms with Crippen LogP contribution in [0.25, 0.3) is 0 Å². The fraction of sp³-hybridized carbons (Fsp3) is 0.188. The van der Waals surface area contributed by atoms with Gasteiger partial charge in [0.05, 0.1) is 18.3 Å². The van der Waals surface area contributed by atoms with Gasteiger partial charge >= 0.3 is 4.87 Å². The Bertz CT molecular complexity index is 816. The van der Waals surface area contributed by atoms with Gasteiger partial charge in [-0.25, -0.2) is 5.10 Å². The van der Waals surface area contributed by atoms with Crippen molar-refractivity contribution in [3.05, 3.63) is 79.6 Å². The molecule has 2 aromatic heterocycles. The van der Waals surface area contributed by atoms with Crippen molar-refractivity contribution in [1.82, 2.24) is 20.1 Å². The van der Waals surface area contributed by atoms with Crippen molar-refractivity contribution in [3.8, 4) is 0 Å². The summed E-state index contributed by atoms with van der Waals surface area (Å²) in [6.07, 6.45) is 1.78. The highest BCUT2D eigenvalue weighted by Gasteiger charge is 2.21. The average molecular weight is 347 g/mol.